The first-order valence-electron chi connectivity index (χ1n) is 5.73. The molecule has 2 rings (SSSR count). The van der Waals surface area contributed by atoms with Crippen LogP contribution in [0.25, 0.3) is 0 Å². The number of benzene rings is 1. The number of halogens is 3. The number of rotatable bonds is 3. The lowest BCUT2D eigenvalue weighted by Crippen LogP contribution is -2.35. The number of ether oxygens (including phenoxy) is 1. The minimum absolute atomic E-state index is 0.0251. The summed E-state index contributed by atoms with van der Waals surface area (Å²) in [5, 5.41) is 1.38. The first-order valence-corrected chi connectivity index (χ1v) is 7.02. The minimum Gasteiger partial charge on any atom is -0.381 e. The third kappa shape index (κ3) is 3.29. The van der Waals surface area contributed by atoms with Gasteiger partial charge in [-0.2, -0.15) is 0 Å². The lowest BCUT2D eigenvalue weighted by molar-refractivity contribution is 0.00479. The zero-order valence-electron chi connectivity index (χ0n) is 9.52. The van der Waals surface area contributed by atoms with Crippen molar-refractivity contribution in [2.75, 3.05) is 19.1 Å². The summed E-state index contributed by atoms with van der Waals surface area (Å²) in [6.07, 6.45) is 3.01. The Hall–Kier alpha value is 0.0500. The van der Waals surface area contributed by atoms with E-state index in [1.165, 1.54) is 0 Å². The Labute approximate surface area is 117 Å². The van der Waals surface area contributed by atoms with Crippen LogP contribution in [0, 0.1) is 5.41 Å². The molecule has 0 aliphatic carbocycles. The Morgan fingerprint density at radius 2 is 2.12 bits per heavy atom. The van der Waals surface area contributed by atoms with Crippen LogP contribution >= 0.6 is 34.8 Å². The molecule has 94 valence electrons. The summed E-state index contributed by atoms with van der Waals surface area (Å²) in [7, 11) is 0. The van der Waals surface area contributed by atoms with E-state index in [2.05, 4.69) is 0 Å². The lowest BCUT2D eigenvalue weighted by Gasteiger charge is -2.35. The Morgan fingerprint density at radius 1 is 1.29 bits per heavy atom. The quantitative estimate of drug-likeness (QED) is 0.742. The number of hydrogen-bond donors (Lipinski definition) is 0. The fourth-order valence-electron chi connectivity index (χ4n) is 2.27. The van der Waals surface area contributed by atoms with Gasteiger partial charge in [0, 0.05) is 27.9 Å². The van der Waals surface area contributed by atoms with Crippen molar-refractivity contribution in [3.05, 3.63) is 33.8 Å². The smallest absolute Gasteiger partial charge is 0.0537 e. The highest BCUT2D eigenvalue weighted by molar-refractivity contribution is 6.35. The van der Waals surface area contributed by atoms with E-state index in [1.54, 1.807) is 6.07 Å². The normalized spacial score (nSPS) is 24.9. The monoisotopic (exact) mass is 292 g/mol. The Kier molecular flexibility index (Phi) is 4.59. The molecule has 1 aromatic carbocycles. The van der Waals surface area contributed by atoms with Crippen LogP contribution in [0.5, 0.6) is 0 Å². The standard InChI is InChI=1S/C13H15Cl3O/c14-8-13(4-1-5-17-9-13)7-10-2-3-11(15)6-12(10)16/h2-3,6H,1,4-5,7-9H2. The largest absolute Gasteiger partial charge is 0.381 e. The molecule has 0 spiro atoms. The predicted molar refractivity (Wildman–Crippen MR) is 73.4 cm³/mol. The van der Waals surface area contributed by atoms with Crippen molar-refractivity contribution >= 4 is 34.8 Å². The van der Waals surface area contributed by atoms with Crippen LogP contribution in [0.4, 0.5) is 0 Å². The maximum atomic E-state index is 6.20. The van der Waals surface area contributed by atoms with Gasteiger partial charge in [0.05, 0.1) is 6.61 Å². The third-order valence-corrected chi connectivity index (χ3v) is 4.42. The second-order valence-electron chi connectivity index (χ2n) is 4.70. The van der Waals surface area contributed by atoms with E-state index in [4.69, 9.17) is 39.5 Å². The molecule has 1 aliphatic heterocycles. The van der Waals surface area contributed by atoms with Crippen LogP contribution in [0.1, 0.15) is 18.4 Å². The van der Waals surface area contributed by atoms with Crippen molar-refractivity contribution in [2.24, 2.45) is 5.41 Å². The van der Waals surface area contributed by atoms with Crippen molar-refractivity contribution < 1.29 is 4.74 Å². The zero-order valence-corrected chi connectivity index (χ0v) is 11.8. The van der Waals surface area contributed by atoms with Crippen molar-refractivity contribution in [1.82, 2.24) is 0 Å². The van der Waals surface area contributed by atoms with Gasteiger partial charge in [-0.15, -0.1) is 11.6 Å². The van der Waals surface area contributed by atoms with Gasteiger partial charge in [-0.25, -0.2) is 0 Å². The molecule has 0 radical (unpaired) electrons. The van der Waals surface area contributed by atoms with Crippen LogP contribution in [0.3, 0.4) is 0 Å². The molecule has 1 aliphatic rings. The van der Waals surface area contributed by atoms with Crippen molar-refractivity contribution in [1.29, 1.82) is 0 Å². The summed E-state index contributed by atoms with van der Waals surface area (Å²) in [6, 6.07) is 5.63. The minimum atomic E-state index is 0.0251. The molecule has 0 aromatic heterocycles. The Morgan fingerprint density at radius 3 is 2.71 bits per heavy atom. The van der Waals surface area contributed by atoms with E-state index in [-0.39, 0.29) is 5.41 Å². The molecule has 1 heterocycles. The van der Waals surface area contributed by atoms with E-state index < -0.39 is 0 Å². The van der Waals surface area contributed by atoms with Gasteiger partial charge in [-0.05, 0) is 37.0 Å². The molecule has 0 N–H and O–H groups in total. The highest BCUT2D eigenvalue weighted by atomic mass is 35.5. The van der Waals surface area contributed by atoms with Crippen LogP contribution in [0.15, 0.2) is 18.2 Å². The summed E-state index contributed by atoms with van der Waals surface area (Å²) in [4.78, 5) is 0. The molecular formula is C13H15Cl3O. The van der Waals surface area contributed by atoms with Gasteiger partial charge in [-0.3, -0.25) is 0 Å². The Balaban J connectivity index is 2.17. The molecule has 1 aromatic rings. The molecule has 0 saturated carbocycles. The average Bonchev–Trinajstić information content (AvgIpc) is 2.34. The molecule has 0 bridgehead atoms. The van der Waals surface area contributed by atoms with Crippen LogP contribution in [-0.4, -0.2) is 19.1 Å². The molecule has 1 fully saturated rings. The maximum Gasteiger partial charge on any atom is 0.0537 e. The van der Waals surface area contributed by atoms with E-state index >= 15 is 0 Å². The van der Waals surface area contributed by atoms with E-state index in [0.29, 0.717) is 15.9 Å². The van der Waals surface area contributed by atoms with E-state index in [9.17, 15) is 0 Å². The highest BCUT2D eigenvalue weighted by Crippen LogP contribution is 2.36. The zero-order chi connectivity index (χ0) is 12.3. The van der Waals surface area contributed by atoms with Gasteiger partial charge >= 0.3 is 0 Å². The summed E-state index contributed by atoms with van der Waals surface area (Å²) in [6.45, 7) is 1.56. The fourth-order valence-corrected chi connectivity index (χ4v) is 3.05. The highest BCUT2D eigenvalue weighted by Gasteiger charge is 2.32. The van der Waals surface area contributed by atoms with Crippen molar-refractivity contribution in [3.63, 3.8) is 0 Å². The number of alkyl halides is 1. The molecule has 0 amide bonds. The molecule has 1 atom stereocenters. The third-order valence-electron chi connectivity index (χ3n) is 3.27. The van der Waals surface area contributed by atoms with Gasteiger partial charge in [-0.1, -0.05) is 29.3 Å². The molecule has 1 saturated heterocycles. The van der Waals surface area contributed by atoms with E-state index in [1.807, 2.05) is 12.1 Å². The topological polar surface area (TPSA) is 9.23 Å². The lowest BCUT2D eigenvalue weighted by atomic mass is 9.79. The predicted octanol–water partition coefficient (Wildman–Crippen LogP) is 4.57. The van der Waals surface area contributed by atoms with Crippen molar-refractivity contribution in [2.45, 2.75) is 19.3 Å². The first-order chi connectivity index (χ1) is 8.15. The van der Waals surface area contributed by atoms with Gasteiger partial charge in [0.1, 0.15) is 0 Å². The van der Waals surface area contributed by atoms with Crippen LogP contribution in [-0.2, 0) is 11.2 Å². The summed E-state index contributed by atoms with van der Waals surface area (Å²) >= 11 is 18.2. The second-order valence-corrected chi connectivity index (χ2v) is 5.81. The summed E-state index contributed by atoms with van der Waals surface area (Å²) in [5.74, 6) is 0.603. The van der Waals surface area contributed by atoms with Crippen molar-refractivity contribution in [3.8, 4) is 0 Å². The fraction of sp³-hybridized carbons (Fsp3) is 0.538. The van der Waals surface area contributed by atoms with Crippen LogP contribution < -0.4 is 0 Å². The van der Waals surface area contributed by atoms with Gasteiger partial charge in [0.15, 0.2) is 0 Å². The molecular weight excluding hydrogens is 279 g/mol. The average molecular weight is 294 g/mol. The Bertz CT molecular complexity index is 386. The molecule has 1 unspecified atom stereocenters. The molecule has 17 heavy (non-hydrogen) atoms. The molecule has 1 nitrogen and oxygen atoms in total. The van der Waals surface area contributed by atoms with Gasteiger partial charge in [0.2, 0.25) is 0 Å². The maximum absolute atomic E-state index is 6.20. The number of hydrogen-bond acceptors (Lipinski definition) is 1. The van der Waals surface area contributed by atoms with E-state index in [0.717, 1.165) is 38.0 Å². The first kappa shape index (κ1) is 13.5. The van der Waals surface area contributed by atoms with Crippen LogP contribution in [0.2, 0.25) is 10.0 Å². The van der Waals surface area contributed by atoms with Gasteiger partial charge < -0.3 is 4.74 Å². The summed E-state index contributed by atoms with van der Waals surface area (Å²) < 4.78 is 5.56. The summed E-state index contributed by atoms with van der Waals surface area (Å²) in [5.41, 5.74) is 1.12. The second kappa shape index (κ2) is 5.79. The molecule has 4 heteroatoms. The SMILES string of the molecule is ClCC1(Cc2ccc(Cl)cc2Cl)CCCOC1. The van der Waals surface area contributed by atoms with Gasteiger partial charge in [0.25, 0.3) is 0 Å².